The molecule has 110 heavy (non-hydrogen) atoms. The second-order valence-corrected chi connectivity index (χ2v) is 29.9. The zero-order valence-electron chi connectivity index (χ0n) is 61.7. The number of hydrogen-bond donors (Lipinski definition) is 2. The summed E-state index contributed by atoms with van der Waals surface area (Å²) in [6, 6.07) is 62.8. The van der Waals surface area contributed by atoms with E-state index in [1.165, 1.54) is 115 Å². The minimum Gasteiger partial charge on any atom is -0.361 e. The Morgan fingerprint density at radius 2 is 0.909 bits per heavy atom. The van der Waals surface area contributed by atoms with Crippen LogP contribution in [0.15, 0.2) is 260 Å². The zero-order valence-corrected chi connectivity index (χ0v) is 63.3. The van der Waals surface area contributed by atoms with Gasteiger partial charge in [0.25, 0.3) is 11.8 Å². The van der Waals surface area contributed by atoms with Gasteiger partial charge in [-0.25, -0.2) is 0 Å². The fourth-order valence-electron chi connectivity index (χ4n) is 14.1. The van der Waals surface area contributed by atoms with Crippen LogP contribution >= 0.6 is 22.7 Å². The molecule has 12 heterocycles. The first-order valence-electron chi connectivity index (χ1n) is 37.7. The maximum Gasteiger partial charge on any atom is 0.268 e. The highest BCUT2D eigenvalue weighted by Crippen LogP contribution is 2.41. The molecule has 22 heteroatoms. The molecule has 1 atom stereocenters. The average Bonchev–Trinajstić information content (AvgIpc) is 1.65. The minimum absolute atomic E-state index is 0.138. The Balaban J connectivity index is 0.000000110. The van der Waals surface area contributed by atoms with Crippen molar-refractivity contribution in [2.24, 2.45) is 5.92 Å². The molecule has 2 saturated carbocycles. The Kier molecular flexibility index (Phi) is 23.7. The molecule has 0 radical (unpaired) electrons. The van der Waals surface area contributed by atoms with Crippen molar-refractivity contribution in [3.63, 3.8) is 0 Å². The van der Waals surface area contributed by atoms with Crippen LogP contribution in [-0.2, 0) is 0 Å². The van der Waals surface area contributed by atoms with Crippen molar-refractivity contribution in [1.29, 1.82) is 0 Å². The lowest BCUT2D eigenvalue weighted by atomic mass is 9.80. The molecule has 17 aromatic rings. The van der Waals surface area contributed by atoms with Gasteiger partial charge in [-0.3, -0.25) is 15.0 Å². The van der Waals surface area contributed by atoms with Crippen LogP contribution in [0, 0.1) is 19.8 Å². The van der Waals surface area contributed by atoms with Crippen LogP contribution in [0.3, 0.4) is 0 Å². The number of nitrogens with one attached hydrogen (secondary N) is 2. The molecule has 20 nitrogen and oxygen atoms in total. The summed E-state index contributed by atoms with van der Waals surface area (Å²) in [5.41, 5.74) is 12.9. The molecular weight excluding hydrogens is 1410 g/mol. The van der Waals surface area contributed by atoms with E-state index in [-0.39, 0.29) is 5.92 Å². The van der Waals surface area contributed by atoms with Gasteiger partial charge in [-0.05, 0) is 177 Å². The van der Waals surface area contributed by atoms with Gasteiger partial charge in [0.15, 0.2) is 0 Å². The molecule has 19 rings (SSSR count). The number of aryl methyl sites for hydroxylation is 2. The van der Waals surface area contributed by atoms with Crippen molar-refractivity contribution < 1.29 is 22.6 Å². The monoisotopic (exact) mass is 1490 g/mol. The van der Waals surface area contributed by atoms with Crippen molar-refractivity contribution in [2.75, 3.05) is 0 Å². The first-order valence-corrected chi connectivity index (χ1v) is 39.3. The summed E-state index contributed by atoms with van der Waals surface area (Å²) in [5, 5.41) is 22.8. The van der Waals surface area contributed by atoms with Crippen LogP contribution in [-0.4, -0.2) is 75.6 Å². The third kappa shape index (κ3) is 17.8. The van der Waals surface area contributed by atoms with Gasteiger partial charge in [0, 0.05) is 121 Å². The van der Waals surface area contributed by atoms with E-state index in [1.807, 2.05) is 134 Å². The van der Waals surface area contributed by atoms with Crippen LogP contribution < -0.4 is 0 Å². The number of unbranched alkanes of at least 4 members (excludes halogenated alkanes) is 1. The lowest BCUT2D eigenvalue weighted by Crippen LogP contribution is -2.13. The lowest BCUT2D eigenvalue weighted by Gasteiger charge is -2.26. The van der Waals surface area contributed by atoms with Crippen LogP contribution in [0.5, 0.6) is 0 Å². The Morgan fingerprint density at radius 3 is 1.48 bits per heavy atom. The number of aromatic amines is 2. The molecule has 1 unspecified atom stereocenters. The van der Waals surface area contributed by atoms with E-state index in [0.29, 0.717) is 58.6 Å². The average molecular weight is 1490 g/mol. The van der Waals surface area contributed by atoms with Crippen LogP contribution in [0.2, 0.25) is 0 Å². The van der Waals surface area contributed by atoms with Crippen molar-refractivity contribution in [3.05, 3.63) is 271 Å². The van der Waals surface area contributed by atoms with E-state index < -0.39 is 0 Å². The summed E-state index contributed by atoms with van der Waals surface area (Å²) in [4.78, 5) is 45.7. The van der Waals surface area contributed by atoms with Gasteiger partial charge in [0.2, 0.25) is 46.8 Å². The highest BCUT2D eigenvalue weighted by molar-refractivity contribution is 7.16. The molecule has 2 aliphatic rings. The molecule has 2 aliphatic carbocycles. The SMILES string of the molecule is CCC(c1ccccc1)c1nc(-c2ccncc2)no1.CCCCC1CCC(c2nc(-c3ccncc3)no2)CC1.Cc1sc(-c2nc(-c3ccc4[nH]ccc4c3)no2)cc1-c1ccccc1.Cc1sc(-c2nc(-c3cccc4[nH]ccc34)no2)cc1-c1ccccc1.c1cc(-c2noc(C3CCCCC3)n2)ccn1. The maximum atomic E-state index is 5.57. The smallest absolute Gasteiger partial charge is 0.268 e. The Hall–Kier alpha value is -12.3. The fraction of sp³-hybridized carbons (Fsp3) is 0.239. The van der Waals surface area contributed by atoms with E-state index >= 15 is 0 Å². The maximum absolute atomic E-state index is 5.57. The number of nitrogens with zero attached hydrogens (tertiary/aromatic N) is 13. The number of fused-ring (bicyclic) bond motifs is 2. The largest absolute Gasteiger partial charge is 0.361 e. The van der Waals surface area contributed by atoms with Gasteiger partial charge in [-0.2, -0.15) is 24.9 Å². The molecule has 0 aliphatic heterocycles. The Labute approximate surface area is 645 Å². The third-order valence-electron chi connectivity index (χ3n) is 20.1. The zero-order chi connectivity index (χ0) is 74.8. The molecule has 12 aromatic heterocycles. The number of benzene rings is 5. The number of rotatable bonds is 17. The summed E-state index contributed by atoms with van der Waals surface area (Å²) in [5.74, 6) is 8.53. The standard InChI is InChI=1S/2C21H15N3OS.C17H23N3O.C16H15N3O.C13H15N3O/c1-13-17(14-6-3-2-4-7-14)12-19(26-13)21-23-20(24-25-21)16-8-5-9-18-15(16)10-11-22-18;1-13-17(14-5-3-2-4-6-14)12-19(26-13)21-23-20(24-25-21)16-7-8-18-15(11-16)9-10-22-18;1-2-3-4-13-5-7-15(8-6-13)17-19-16(20-21-17)14-9-11-18-12-10-14;1-2-14(12-6-4-3-5-7-12)16-18-15(19-20-16)13-8-10-17-11-9-13;1-2-4-11(5-3-1)13-15-12(16-17-13)10-6-8-14-9-7-10/h2*2-12,22H,1H3;9-13,15H,2-8H2,1H3;3-11,14H,2H2,1H3;6-9,11H,1-5H2. The summed E-state index contributed by atoms with van der Waals surface area (Å²) in [7, 11) is 0. The number of pyridine rings is 3. The number of H-pyrrole nitrogens is 2. The third-order valence-corrected chi connectivity index (χ3v) is 22.2. The number of hydrogen-bond acceptors (Lipinski definition) is 20. The summed E-state index contributed by atoms with van der Waals surface area (Å²) in [6.45, 7) is 8.63. The van der Waals surface area contributed by atoms with Crippen LogP contribution in [0.25, 0.3) is 123 Å². The first kappa shape index (κ1) is 73.3. The van der Waals surface area contributed by atoms with Crippen molar-refractivity contribution in [2.45, 2.75) is 129 Å². The van der Waals surface area contributed by atoms with E-state index in [4.69, 9.17) is 22.6 Å². The normalized spacial score (nSPS) is 14.5. The predicted octanol–water partition coefficient (Wildman–Crippen LogP) is 23.3. The number of thiophene rings is 2. The first-order chi connectivity index (χ1) is 54.2. The second-order valence-electron chi connectivity index (χ2n) is 27.4. The molecule has 0 saturated heterocycles. The van der Waals surface area contributed by atoms with Gasteiger partial charge >= 0.3 is 0 Å². The molecule has 0 bridgehead atoms. The molecule has 552 valence electrons. The van der Waals surface area contributed by atoms with Crippen LogP contribution in [0.4, 0.5) is 0 Å². The highest BCUT2D eigenvalue weighted by atomic mass is 32.1. The van der Waals surface area contributed by atoms with Gasteiger partial charge in [-0.15, -0.1) is 22.7 Å². The van der Waals surface area contributed by atoms with Crippen molar-refractivity contribution in [1.82, 2.24) is 75.6 Å². The van der Waals surface area contributed by atoms with E-state index in [2.05, 4.69) is 170 Å². The highest BCUT2D eigenvalue weighted by Gasteiger charge is 2.28. The van der Waals surface area contributed by atoms with E-state index in [1.54, 1.807) is 59.9 Å². The molecule has 2 N–H and O–H groups in total. The van der Waals surface area contributed by atoms with Gasteiger partial charge in [0.05, 0.1) is 15.7 Å². The van der Waals surface area contributed by atoms with Crippen molar-refractivity contribution >= 4 is 44.5 Å². The Bertz CT molecular complexity index is 5660. The lowest BCUT2D eigenvalue weighted by molar-refractivity contribution is 0.260. The molecule has 0 amide bonds. The van der Waals surface area contributed by atoms with E-state index in [0.717, 1.165) is 83.5 Å². The topological polar surface area (TPSA) is 265 Å². The number of aromatic nitrogens is 15. The fourth-order valence-corrected chi connectivity index (χ4v) is 16.1. The quantitative estimate of drug-likeness (QED) is 0.0858. The molecular formula is C88H83N15O5S2. The van der Waals surface area contributed by atoms with Crippen molar-refractivity contribution in [3.8, 4) is 101 Å². The molecule has 5 aromatic carbocycles. The predicted molar refractivity (Wildman–Crippen MR) is 431 cm³/mol. The summed E-state index contributed by atoms with van der Waals surface area (Å²) >= 11 is 3.35. The second kappa shape index (κ2) is 35.6. The van der Waals surface area contributed by atoms with Gasteiger partial charge < -0.3 is 32.6 Å². The van der Waals surface area contributed by atoms with Gasteiger partial charge in [0.1, 0.15) is 0 Å². The van der Waals surface area contributed by atoms with Gasteiger partial charge in [-0.1, -0.05) is 181 Å². The minimum atomic E-state index is 0.138. The van der Waals surface area contributed by atoms with E-state index in [9.17, 15) is 0 Å². The van der Waals surface area contributed by atoms with Crippen LogP contribution in [0.1, 0.15) is 148 Å². The summed E-state index contributed by atoms with van der Waals surface area (Å²) < 4.78 is 27.4. The molecule has 2 fully saturated rings. The Morgan fingerprint density at radius 1 is 0.409 bits per heavy atom. The summed E-state index contributed by atoms with van der Waals surface area (Å²) in [6.07, 6.45) is 30.5. The molecule has 0 spiro atoms.